The summed E-state index contributed by atoms with van der Waals surface area (Å²) < 4.78 is 1.58. The summed E-state index contributed by atoms with van der Waals surface area (Å²) in [5.41, 5.74) is 3.68. The van der Waals surface area contributed by atoms with E-state index in [0.717, 1.165) is 22.1 Å². The molecule has 4 rings (SSSR count). The largest absolute Gasteiger partial charge is 0.226 e. The van der Waals surface area contributed by atoms with E-state index in [-0.39, 0.29) is 0 Å². The molecule has 0 unspecified atom stereocenters. The van der Waals surface area contributed by atoms with Crippen LogP contribution in [0.15, 0.2) is 48.5 Å². The average Bonchev–Trinajstić information content (AvgIpc) is 2.93. The third kappa shape index (κ3) is 1.96. The van der Waals surface area contributed by atoms with Crippen molar-refractivity contribution in [3.8, 4) is 11.4 Å². The smallest absolute Gasteiger partial charge is 0.218 e. The number of benzene rings is 2. The van der Waals surface area contributed by atoms with Crippen molar-refractivity contribution in [2.45, 2.75) is 6.92 Å². The first-order valence-corrected chi connectivity index (χ1v) is 6.98. The van der Waals surface area contributed by atoms with E-state index in [4.69, 9.17) is 11.6 Å². The van der Waals surface area contributed by atoms with Gasteiger partial charge in [-0.05, 0) is 36.7 Å². The van der Waals surface area contributed by atoms with E-state index in [1.165, 1.54) is 5.56 Å². The molecule has 0 fully saturated rings. The molecule has 4 aromatic rings. The summed E-state index contributed by atoms with van der Waals surface area (Å²) >= 11 is 6.22. The molecule has 21 heavy (non-hydrogen) atoms. The Hall–Kier alpha value is -2.46. The first-order valence-electron chi connectivity index (χ1n) is 6.60. The molecular weight excluding hydrogens is 284 g/mol. The van der Waals surface area contributed by atoms with Crippen molar-refractivity contribution < 1.29 is 0 Å². The summed E-state index contributed by atoms with van der Waals surface area (Å²) in [6.45, 7) is 2.04. The standard InChI is InChI=1S/C16H11ClN4/c1-10-5-4-6-11(9-10)14-19-15-12-7-2-3-8-13(12)18-16(17)21(15)20-14/h2-9H,1H3. The summed E-state index contributed by atoms with van der Waals surface area (Å²) in [7, 11) is 0. The van der Waals surface area contributed by atoms with Crippen molar-refractivity contribution in [3.63, 3.8) is 0 Å². The van der Waals surface area contributed by atoms with E-state index >= 15 is 0 Å². The summed E-state index contributed by atoms with van der Waals surface area (Å²) in [5, 5.41) is 5.74. The fraction of sp³-hybridized carbons (Fsp3) is 0.0625. The lowest BCUT2D eigenvalue weighted by Crippen LogP contribution is -1.94. The van der Waals surface area contributed by atoms with E-state index in [9.17, 15) is 0 Å². The van der Waals surface area contributed by atoms with Crippen molar-refractivity contribution in [3.05, 3.63) is 59.4 Å². The molecule has 0 aliphatic rings. The minimum Gasteiger partial charge on any atom is -0.218 e. The quantitative estimate of drug-likeness (QED) is 0.500. The number of nitrogens with zero attached hydrogens (tertiary/aromatic N) is 4. The number of halogens is 1. The zero-order chi connectivity index (χ0) is 14.4. The molecule has 0 aliphatic heterocycles. The number of aryl methyl sites for hydroxylation is 1. The average molecular weight is 295 g/mol. The summed E-state index contributed by atoms with van der Waals surface area (Å²) in [6.07, 6.45) is 0. The maximum absolute atomic E-state index is 6.22. The number of hydrogen-bond acceptors (Lipinski definition) is 3. The second kappa shape index (κ2) is 4.53. The third-order valence-electron chi connectivity index (χ3n) is 3.42. The number of rotatable bonds is 1. The third-order valence-corrected chi connectivity index (χ3v) is 3.66. The van der Waals surface area contributed by atoms with Crippen LogP contribution in [-0.2, 0) is 0 Å². The zero-order valence-corrected chi connectivity index (χ0v) is 12.0. The highest BCUT2D eigenvalue weighted by Crippen LogP contribution is 2.24. The fourth-order valence-corrected chi connectivity index (χ4v) is 2.64. The van der Waals surface area contributed by atoms with Crippen molar-refractivity contribution in [1.29, 1.82) is 0 Å². The van der Waals surface area contributed by atoms with Crippen LogP contribution in [0.2, 0.25) is 5.28 Å². The number of hydrogen-bond donors (Lipinski definition) is 0. The van der Waals surface area contributed by atoms with Crippen LogP contribution in [0, 0.1) is 6.92 Å². The van der Waals surface area contributed by atoms with Crippen LogP contribution in [0.1, 0.15) is 5.56 Å². The first kappa shape index (κ1) is 12.3. The molecule has 0 bridgehead atoms. The van der Waals surface area contributed by atoms with Gasteiger partial charge in [-0.25, -0.2) is 9.97 Å². The molecule has 0 saturated carbocycles. The van der Waals surface area contributed by atoms with Crippen LogP contribution < -0.4 is 0 Å². The predicted octanol–water partition coefficient (Wildman–Crippen LogP) is 3.91. The van der Waals surface area contributed by atoms with Gasteiger partial charge in [0, 0.05) is 10.9 Å². The van der Waals surface area contributed by atoms with Crippen molar-refractivity contribution in [1.82, 2.24) is 19.6 Å². The van der Waals surface area contributed by atoms with Gasteiger partial charge in [-0.2, -0.15) is 4.52 Å². The lowest BCUT2D eigenvalue weighted by molar-refractivity contribution is 0.939. The highest BCUT2D eigenvalue weighted by molar-refractivity contribution is 6.29. The Morgan fingerprint density at radius 3 is 2.71 bits per heavy atom. The SMILES string of the molecule is Cc1cccc(-c2nc3c4ccccc4nc(Cl)n3n2)c1. The van der Waals surface area contributed by atoms with Gasteiger partial charge in [0.25, 0.3) is 0 Å². The van der Waals surface area contributed by atoms with Gasteiger partial charge in [0.2, 0.25) is 5.28 Å². The first-order chi connectivity index (χ1) is 10.2. The van der Waals surface area contributed by atoms with Crippen molar-refractivity contribution >= 4 is 28.2 Å². The van der Waals surface area contributed by atoms with Crippen LogP contribution in [0.5, 0.6) is 0 Å². The molecule has 2 heterocycles. The normalized spacial score (nSPS) is 11.3. The monoisotopic (exact) mass is 294 g/mol. The van der Waals surface area contributed by atoms with Gasteiger partial charge >= 0.3 is 0 Å². The highest BCUT2D eigenvalue weighted by atomic mass is 35.5. The zero-order valence-electron chi connectivity index (χ0n) is 11.3. The Morgan fingerprint density at radius 1 is 1.00 bits per heavy atom. The molecule has 0 atom stereocenters. The minimum atomic E-state index is 0.315. The van der Waals surface area contributed by atoms with E-state index in [0.29, 0.717) is 11.1 Å². The van der Waals surface area contributed by atoms with Crippen LogP contribution >= 0.6 is 11.6 Å². The summed E-state index contributed by atoms with van der Waals surface area (Å²) in [6, 6.07) is 15.9. The molecule has 2 aromatic carbocycles. The van der Waals surface area contributed by atoms with Crippen LogP contribution in [-0.4, -0.2) is 19.6 Å². The van der Waals surface area contributed by atoms with Crippen LogP contribution in [0.4, 0.5) is 0 Å². The Labute approximate surface area is 126 Å². The summed E-state index contributed by atoms with van der Waals surface area (Å²) in [4.78, 5) is 8.99. The number of fused-ring (bicyclic) bond motifs is 3. The molecule has 4 nitrogen and oxygen atoms in total. The topological polar surface area (TPSA) is 43.1 Å². The Balaban J connectivity index is 2.06. The molecule has 0 amide bonds. The molecule has 5 heteroatoms. The van der Waals surface area contributed by atoms with E-state index < -0.39 is 0 Å². The van der Waals surface area contributed by atoms with Gasteiger partial charge in [0.15, 0.2) is 11.5 Å². The van der Waals surface area contributed by atoms with Gasteiger partial charge < -0.3 is 0 Å². The van der Waals surface area contributed by atoms with E-state index in [2.05, 4.69) is 21.1 Å². The molecular formula is C16H11ClN4. The number of aromatic nitrogens is 4. The molecule has 0 radical (unpaired) electrons. The molecule has 102 valence electrons. The Bertz CT molecular complexity index is 975. The van der Waals surface area contributed by atoms with Crippen LogP contribution in [0.25, 0.3) is 27.9 Å². The van der Waals surface area contributed by atoms with E-state index in [1.807, 2.05) is 49.4 Å². The lowest BCUT2D eigenvalue weighted by atomic mass is 10.1. The molecule has 0 saturated heterocycles. The Morgan fingerprint density at radius 2 is 1.86 bits per heavy atom. The second-order valence-electron chi connectivity index (χ2n) is 4.94. The number of para-hydroxylation sites is 1. The highest BCUT2D eigenvalue weighted by Gasteiger charge is 2.13. The lowest BCUT2D eigenvalue weighted by Gasteiger charge is -1.99. The maximum atomic E-state index is 6.22. The van der Waals surface area contributed by atoms with E-state index in [1.54, 1.807) is 4.52 Å². The molecule has 0 spiro atoms. The maximum Gasteiger partial charge on any atom is 0.226 e. The van der Waals surface area contributed by atoms with Crippen LogP contribution in [0.3, 0.4) is 0 Å². The Kier molecular flexibility index (Phi) is 2.65. The van der Waals surface area contributed by atoms with Gasteiger partial charge in [-0.1, -0.05) is 35.9 Å². The van der Waals surface area contributed by atoms with Gasteiger partial charge in [-0.15, -0.1) is 5.10 Å². The van der Waals surface area contributed by atoms with Gasteiger partial charge in [0.05, 0.1) is 5.52 Å². The molecule has 2 aromatic heterocycles. The second-order valence-corrected chi connectivity index (χ2v) is 5.28. The molecule has 0 aliphatic carbocycles. The van der Waals surface area contributed by atoms with Gasteiger partial charge in [-0.3, -0.25) is 0 Å². The van der Waals surface area contributed by atoms with Crippen molar-refractivity contribution in [2.75, 3.05) is 0 Å². The van der Waals surface area contributed by atoms with Gasteiger partial charge in [0.1, 0.15) is 0 Å². The predicted molar refractivity (Wildman–Crippen MR) is 83.5 cm³/mol. The molecule has 0 N–H and O–H groups in total. The van der Waals surface area contributed by atoms with Crippen molar-refractivity contribution in [2.24, 2.45) is 0 Å². The minimum absolute atomic E-state index is 0.315. The fourth-order valence-electron chi connectivity index (χ4n) is 2.43. The summed E-state index contributed by atoms with van der Waals surface area (Å²) in [5.74, 6) is 0.652.